The summed E-state index contributed by atoms with van der Waals surface area (Å²) < 4.78 is 5.30. The van der Waals surface area contributed by atoms with Gasteiger partial charge in [0.1, 0.15) is 12.0 Å². The van der Waals surface area contributed by atoms with Crippen LogP contribution >= 0.6 is 11.8 Å². The van der Waals surface area contributed by atoms with Crippen LogP contribution in [0.4, 0.5) is 0 Å². The molecule has 0 N–H and O–H groups in total. The van der Waals surface area contributed by atoms with Gasteiger partial charge in [-0.05, 0) is 29.9 Å². The highest BCUT2D eigenvalue weighted by Crippen LogP contribution is 2.25. The van der Waals surface area contributed by atoms with Gasteiger partial charge in [-0.15, -0.1) is 0 Å². The Labute approximate surface area is 108 Å². The number of ether oxygens (including phenoxy) is 1. The minimum atomic E-state index is 0.713. The quantitative estimate of drug-likeness (QED) is 0.691. The van der Waals surface area contributed by atoms with Crippen molar-refractivity contribution < 1.29 is 9.53 Å². The van der Waals surface area contributed by atoms with Crippen molar-refractivity contribution in [3.63, 3.8) is 0 Å². The zero-order chi connectivity index (χ0) is 12.7. The number of rotatable bonds is 7. The van der Waals surface area contributed by atoms with Gasteiger partial charge >= 0.3 is 0 Å². The number of hydrogen-bond donors (Lipinski definition) is 0. The van der Waals surface area contributed by atoms with Crippen molar-refractivity contribution in [1.29, 1.82) is 0 Å². The summed E-state index contributed by atoms with van der Waals surface area (Å²) in [6.45, 7) is 4.46. The number of carbonyl (C=O) groups is 1. The number of methoxy groups -OCH3 is 1. The van der Waals surface area contributed by atoms with Crippen molar-refractivity contribution in [2.45, 2.75) is 26.0 Å². The monoisotopic (exact) mass is 252 g/mol. The number of thioether (sulfide) groups is 1. The number of aldehydes is 1. The Morgan fingerprint density at radius 2 is 2.24 bits per heavy atom. The van der Waals surface area contributed by atoms with Crippen LogP contribution in [0.25, 0.3) is 0 Å². The van der Waals surface area contributed by atoms with Gasteiger partial charge in [-0.2, -0.15) is 11.8 Å². The van der Waals surface area contributed by atoms with E-state index in [1.807, 2.05) is 23.9 Å². The maximum absolute atomic E-state index is 10.7. The fraction of sp³-hybridized carbons (Fsp3) is 0.500. The lowest BCUT2D eigenvalue weighted by Gasteiger charge is -2.11. The molecule has 0 saturated heterocycles. The summed E-state index contributed by atoms with van der Waals surface area (Å²) in [6.07, 6.45) is 2.08. The fourth-order valence-corrected chi connectivity index (χ4v) is 2.67. The molecule has 0 fully saturated rings. The van der Waals surface area contributed by atoms with Crippen LogP contribution in [-0.2, 0) is 5.75 Å². The van der Waals surface area contributed by atoms with Crippen molar-refractivity contribution in [2.75, 3.05) is 12.9 Å². The maximum atomic E-state index is 10.7. The second-order valence-electron chi connectivity index (χ2n) is 4.22. The molecule has 94 valence electrons. The van der Waals surface area contributed by atoms with E-state index in [0.29, 0.717) is 5.56 Å². The molecule has 1 aromatic carbocycles. The molecule has 3 heteroatoms. The molecule has 0 aliphatic rings. The third kappa shape index (κ3) is 4.43. The highest BCUT2D eigenvalue weighted by molar-refractivity contribution is 7.98. The van der Waals surface area contributed by atoms with Crippen molar-refractivity contribution in [3.8, 4) is 5.75 Å². The first kappa shape index (κ1) is 14.1. The van der Waals surface area contributed by atoms with Crippen LogP contribution < -0.4 is 4.74 Å². The molecule has 0 amide bonds. The zero-order valence-electron chi connectivity index (χ0n) is 10.7. The van der Waals surface area contributed by atoms with E-state index in [2.05, 4.69) is 13.8 Å². The van der Waals surface area contributed by atoms with Crippen LogP contribution in [0.1, 0.15) is 36.2 Å². The average Bonchev–Trinajstić information content (AvgIpc) is 2.38. The van der Waals surface area contributed by atoms with Crippen LogP contribution in [0, 0.1) is 5.92 Å². The number of benzene rings is 1. The molecule has 0 bridgehead atoms. The predicted molar refractivity (Wildman–Crippen MR) is 74.0 cm³/mol. The van der Waals surface area contributed by atoms with Gasteiger partial charge in [0.15, 0.2) is 0 Å². The molecule has 0 aliphatic heterocycles. The van der Waals surface area contributed by atoms with Crippen molar-refractivity contribution in [2.24, 2.45) is 5.92 Å². The second kappa shape index (κ2) is 7.38. The minimum Gasteiger partial charge on any atom is -0.496 e. The molecule has 0 saturated carbocycles. The summed E-state index contributed by atoms with van der Waals surface area (Å²) in [4.78, 5) is 10.7. The Hall–Kier alpha value is -0.960. The first-order valence-corrected chi connectivity index (χ1v) is 7.06. The highest BCUT2D eigenvalue weighted by Gasteiger charge is 2.06. The molecule has 1 atom stereocenters. The van der Waals surface area contributed by atoms with E-state index < -0.39 is 0 Å². The lowest BCUT2D eigenvalue weighted by Crippen LogP contribution is -1.97. The molecule has 0 heterocycles. The molecule has 1 unspecified atom stereocenters. The van der Waals surface area contributed by atoms with Gasteiger partial charge in [0.25, 0.3) is 0 Å². The van der Waals surface area contributed by atoms with Crippen LogP contribution in [-0.4, -0.2) is 19.1 Å². The normalized spacial score (nSPS) is 12.2. The molecule has 17 heavy (non-hydrogen) atoms. The van der Waals surface area contributed by atoms with E-state index in [9.17, 15) is 4.79 Å². The average molecular weight is 252 g/mol. The predicted octanol–water partition coefficient (Wildman–Crippen LogP) is 3.79. The Morgan fingerprint density at radius 1 is 1.47 bits per heavy atom. The van der Waals surface area contributed by atoms with Gasteiger partial charge in [-0.3, -0.25) is 4.79 Å². The summed E-state index contributed by atoms with van der Waals surface area (Å²) in [5.41, 5.74) is 1.82. The van der Waals surface area contributed by atoms with Crippen LogP contribution in [0.15, 0.2) is 18.2 Å². The fourth-order valence-electron chi connectivity index (χ4n) is 1.47. The first-order chi connectivity index (χ1) is 8.21. The van der Waals surface area contributed by atoms with Gasteiger partial charge in [0.05, 0.1) is 7.11 Å². The van der Waals surface area contributed by atoms with E-state index >= 15 is 0 Å². The van der Waals surface area contributed by atoms with Crippen molar-refractivity contribution in [1.82, 2.24) is 0 Å². The Balaban J connectivity index is 2.64. The summed E-state index contributed by atoms with van der Waals surface area (Å²) in [7, 11) is 1.67. The van der Waals surface area contributed by atoms with Crippen molar-refractivity contribution in [3.05, 3.63) is 29.3 Å². The summed E-state index contributed by atoms with van der Waals surface area (Å²) >= 11 is 1.89. The molecule has 0 aromatic heterocycles. The number of carbonyl (C=O) groups excluding carboxylic acids is 1. The highest BCUT2D eigenvalue weighted by atomic mass is 32.2. The third-order valence-electron chi connectivity index (χ3n) is 2.80. The molecule has 1 aromatic rings. The van der Waals surface area contributed by atoms with Gasteiger partial charge in [-0.1, -0.05) is 20.3 Å². The summed E-state index contributed by atoms with van der Waals surface area (Å²) in [6, 6.07) is 5.56. The standard InChI is InChI=1S/C14H20O2S/c1-4-11(2)9-17-10-13-7-12(8-15)5-6-14(13)16-3/h5-8,11H,4,9-10H2,1-3H3. The lowest BCUT2D eigenvalue weighted by molar-refractivity contribution is 0.112. The topological polar surface area (TPSA) is 26.3 Å². The van der Waals surface area contributed by atoms with E-state index in [4.69, 9.17) is 4.74 Å². The molecule has 2 nitrogen and oxygen atoms in total. The lowest BCUT2D eigenvalue weighted by atomic mass is 10.1. The maximum Gasteiger partial charge on any atom is 0.150 e. The van der Waals surface area contributed by atoms with Crippen LogP contribution in [0.2, 0.25) is 0 Å². The largest absolute Gasteiger partial charge is 0.496 e. The molecule has 0 radical (unpaired) electrons. The smallest absolute Gasteiger partial charge is 0.150 e. The van der Waals surface area contributed by atoms with Gasteiger partial charge in [-0.25, -0.2) is 0 Å². The first-order valence-electron chi connectivity index (χ1n) is 5.91. The van der Waals surface area contributed by atoms with E-state index in [-0.39, 0.29) is 0 Å². The zero-order valence-corrected chi connectivity index (χ0v) is 11.5. The summed E-state index contributed by atoms with van der Waals surface area (Å²) in [5, 5.41) is 0. The Kier molecular flexibility index (Phi) is 6.12. The van der Waals surface area contributed by atoms with Gasteiger partial charge < -0.3 is 4.74 Å². The van der Waals surface area contributed by atoms with E-state index in [0.717, 1.165) is 35.0 Å². The molecule has 1 rings (SSSR count). The molecule has 0 spiro atoms. The van der Waals surface area contributed by atoms with Gasteiger partial charge in [0.2, 0.25) is 0 Å². The number of hydrogen-bond acceptors (Lipinski definition) is 3. The molecule has 0 aliphatic carbocycles. The Morgan fingerprint density at radius 3 is 2.82 bits per heavy atom. The SMILES string of the molecule is CCC(C)CSCc1cc(C=O)ccc1OC. The second-order valence-corrected chi connectivity index (χ2v) is 5.25. The summed E-state index contributed by atoms with van der Waals surface area (Å²) in [5.74, 6) is 3.65. The third-order valence-corrected chi connectivity index (χ3v) is 4.12. The van der Waals surface area contributed by atoms with Gasteiger partial charge in [0, 0.05) is 16.9 Å². The molecular formula is C14H20O2S. The minimum absolute atomic E-state index is 0.713. The Bertz CT molecular complexity index is 363. The van der Waals surface area contributed by atoms with Crippen LogP contribution in [0.3, 0.4) is 0 Å². The van der Waals surface area contributed by atoms with Crippen LogP contribution in [0.5, 0.6) is 5.75 Å². The van der Waals surface area contributed by atoms with Crippen molar-refractivity contribution >= 4 is 18.0 Å². The van der Waals surface area contributed by atoms with E-state index in [1.54, 1.807) is 13.2 Å². The molecular weight excluding hydrogens is 232 g/mol. The van der Waals surface area contributed by atoms with E-state index in [1.165, 1.54) is 6.42 Å².